The second-order valence-electron chi connectivity index (χ2n) is 5.25. The lowest BCUT2D eigenvalue weighted by Crippen LogP contribution is -2.11. The van der Waals surface area contributed by atoms with Crippen molar-refractivity contribution in [3.8, 4) is 0 Å². The van der Waals surface area contributed by atoms with Gasteiger partial charge in [0.25, 0.3) is 0 Å². The fourth-order valence-corrected chi connectivity index (χ4v) is 2.34. The first-order valence-electron chi connectivity index (χ1n) is 7.29. The van der Waals surface area contributed by atoms with Gasteiger partial charge in [-0.2, -0.15) is 0 Å². The standard InChI is InChI=1S/C18H16N4O2/c19-13-5-3-7-15(17(13)20)22-16(23)9-8-11-10-21-14-6-2-1-4-12(14)18(11)24/h1-10H,19-20H2,(H,21,24)(H,22,23)/b9-8+. The molecule has 0 aliphatic carbocycles. The monoisotopic (exact) mass is 320 g/mol. The topological polar surface area (TPSA) is 114 Å². The Morgan fingerprint density at radius 3 is 2.71 bits per heavy atom. The Kier molecular flexibility index (Phi) is 4.03. The summed E-state index contributed by atoms with van der Waals surface area (Å²) in [5.41, 5.74) is 13.6. The molecule has 0 aliphatic rings. The highest BCUT2D eigenvalue weighted by atomic mass is 16.1. The molecule has 3 aromatic rings. The number of aromatic amines is 1. The van der Waals surface area contributed by atoms with Crippen LogP contribution in [0.3, 0.4) is 0 Å². The lowest BCUT2D eigenvalue weighted by atomic mass is 10.1. The molecule has 0 unspecified atom stereocenters. The zero-order valence-electron chi connectivity index (χ0n) is 12.7. The summed E-state index contributed by atoms with van der Waals surface area (Å²) in [6.45, 7) is 0. The molecular weight excluding hydrogens is 304 g/mol. The zero-order valence-corrected chi connectivity index (χ0v) is 12.7. The third kappa shape index (κ3) is 2.98. The van der Waals surface area contributed by atoms with Crippen LogP contribution < -0.4 is 22.2 Å². The molecule has 0 atom stereocenters. The van der Waals surface area contributed by atoms with Gasteiger partial charge in [0.1, 0.15) is 0 Å². The molecule has 24 heavy (non-hydrogen) atoms. The van der Waals surface area contributed by atoms with E-state index in [4.69, 9.17) is 11.5 Å². The largest absolute Gasteiger partial charge is 0.397 e. The molecular formula is C18H16N4O2. The number of nitrogen functional groups attached to an aromatic ring is 2. The molecule has 0 saturated carbocycles. The molecule has 6 N–H and O–H groups in total. The number of benzene rings is 2. The minimum Gasteiger partial charge on any atom is -0.397 e. The van der Waals surface area contributed by atoms with Gasteiger partial charge in [-0.15, -0.1) is 0 Å². The number of rotatable bonds is 3. The molecule has 120 valence electrons. The van der Waals surface area contributed by atoms with Crippen LogP contribution in [0.2, 0.25) is 0 Å². The van der Waals surface area contributed by atoms with Crippen molar-refractivity contribution in [2.45, 2.75) is 0 Å². The maximum absolute atomic E-state index is 12.4. The van der Waals surface area contributed by atoms with E-state index in [2.05, 4.69) is 10.3 Å². The molecule has 0 saturated heterocycles. The van der Waals surface area contributed by atoms with Crippen molar-refractivity contribution in [1.82, 2.24) is 4.98 Å². The molecule has 1 aromatic heterocycles. The number of hydrogen-bond donors (Lipinski definition) is 4. The smallest absolute Gasteiger partial charge is 0.248 e. The molecule has 1 heterocycles. The molecule has 1 amide bonds. The second-order valence-corrected chi connectivity index (χ2v) is 5.25. The van der Waals surface area contributed by atoms with Crippen LogP contribution in [0.5, 0.6) is 0 Å². The van der Waals surface area contributed by atoms with Gasteiger partial charge in [0.05, 0.1) is 17.1 Å². The number of carbonyl (C=O) groups excluding carboxylic acids is 1. The third-order valence-electron chi connectivity index (χ3n) is 3.63. The van der Waals surface area contributed by atoms with Gasteiger partial charge in [-0.1, -0.05) is 18.2 Å². The van der Waals surface area contributed by atoms with Gasteiger partial charge in [-0.05, 0) is 30.3 Å². The van der Waals surface area contributed by atoms with Crippen LogP contribution in [-0.4, -0.2) is 10.9 Å². The van der Waals surface area contributed by atoms with Gasteiger partial charge in [-0.25, -0.2) is 0 Å². The maximum Gasteiger partial charge on any atom is 0.248 e. The summed E-state index contributed by atoms with van der Waals surface area (Å²) in [7, 11) is 0. The SMILES string of the molecule is Nc1cccc(NC(=O)/C=C/c2c[nH]c3ccccc3c2=O)c1N. The zero-order chi connectivity index (χ0) is 17.1. The second kappa shape index (κ2) is 6.29. The molecule has 6 heteroatoms. The summed E-state index contributed by atoms with van der Waals surface area (Å²) in [5.74, 6) is -0.403. The predicted octanol–water partition coefficient (Wildman–Crippen LogP) is 2.34. The van der Waals surface area contributed by atoms with Crippen LogP contribution in [0.4, 0.5) is 17.1 Å². The highest BCUT2D eigenvalue weighted by Gasteiger charge is 2.06. The van der Waals surface area contributed by atoms with Crippen molar-refractivity contribution in [2.75, 3.05) is 16.8 Å². The third-order valence-corrected chi connectivity index (χ3v) is 3.63. The molecule has 0 spiro atoms. The Morgan fingerprint density at radius 2 is 1.88 bits per heavy atom. The van der Waals surface area contributed by atoms with Crippen LogP contribution >= 0.6 is 0 Å². The van der Waals surface area contributed by atoms with Gasteiger partial charge in [0, 0.05) is 28.7 Å². The molecule has 6 nitrogen and oxygen atoms in total. The fraction of sp³-hybridized carbons (Fsp3) is 0. The summed E-state index contributed by atoms with van der Waals surface area (Å²) < 4.78 is 0. The number of nitrogens with two attached hydrogens (primary N) is 2. The lowest BCUT2D eigenvalue weighted by molar-refractivity contribution is -0.111. The molecule has 0 bridgehead atoms. The summed E-state index contributed by atoms with van der Waals surface area (Å²) in [5, 5.41) is 3.20. The number of hydrogen-bond acceptors (Lipinski definition) is 4. The quantitative estimate of drug-likeness (QED) is 0.438. The minimum absolute atomic E-state index is 0.142. The fourth-order valence-electron chi connectivity index (χ4n) is 2.34. The Bertz CT molecular complexity index is 1010. The van der Waals surface area contributed by atoms with Crippen LogP contribution in [-0.2, 0) is 4.79 Å². The van der Waals surface area contributed by atoms with Gasteiger partial charge >= 0.3 is 0 Å². The number of aromatic nitrogens is 1. The van der Waals surface area contributed by atoms with Crippen molar-refractivity contribution >= 4 is 39.9 Å². The van der Waals surface area contributed by atoms with Crippen molar-refractivity contribution in [1.29, 1.82) is 0 Å². The van der Waals surface area contributed by atoms with Crippen LogP contribution in [0.25, 0.3) is 17.0 Å². The molecule has 0 fully saturated rings. The number of amides is 1. The highest BCUT2D eigenvalue weighted by Crippen LogP contribution is 2.24. The van der Waals surface area contributed by atoms with E-state index >= 15 is 0 Å². The van der Waals surface area contributed by atoms with Crippen molar-refractivity contribution < 1.29 is 4.79 Å². The van der Waals surface area contributed by atoms with Gasteiger partial charge in [0.2, 0.25) is 5.91 Å². The van der Waals surface area contributed by atoms with Crippen LogP contribution in [0, 0.1) is 0 Å². The molecule has 0 aliphatic heterocycles. The Hall–Kier alpha value is -3.54. The average Bonchev–Trinajstić information content (AvgIpc) is 2.59. The van der Waals surface area contributed by atoms with E-state index in [1.165, 1.54) is 12.2 Å². The Labute approximate surface area is 137 Å². The summed E-state index contributed by atoms with van der Waals surface area (Å²) in [4.78, 5) is 27.4. The number of nitrogens with one attached hydrogen (secondary N) is 2. The lowest BCUT2D eigenvalue weighted by Gasteiger charge is -2.07. The van der Waals surface area contributed by atoms with Crippen molar-refractivity contribution in [2.24, 2.45) is 0 Å². The van der Waals surface area contributed by atoms with E-state index in [1.54, 1.807) is 36.5 Å². The number of anilines is 3. The number of fused-ring (bicyclic) bond motifs is 1. The molecule has 0 radical (unpaired) electrons. The molecule has 3 rings (SSSR count). The Morgan fingerprint density at radius 1 is 1.08 bits per heavy atom. The van der Waals surface area contributed by atoms with Gasteiger partial charge < -0.3 is 21.8 Å². The van der Waals surface area contributed by atoms with Gasteiger partial charge in [-0.3, -0.25) is 9.59 Å². The van der Waals surface area contributed by atoms with E-state index in [0.717, 1.165) is 5.52 Å². The van der Waals surface area contributed by atoms with E-state index < -0.39 is 5.91 Å². The summed E-state index contributed by atoms with van der Waals surface area (Å²) >= 11 is 0. The predicted molar refractivity (Wildman–Crippen MR) is 97.5 cm³/mol. The average molecular weight is 320 g/mol. The summed E-state index contributed by atoms with van der Waals surface area (Å²) in [6, 6.07) is 12.2. The normalized spacial score (nSPS) is 11.0. The number of para-hydroxylation sites is 2. The van der Waals surface area contributed by atoms with Crippen molar-refractivity contribution in [3.05, 3.63) is 70.5 Å². The summed E-state index contributed by atoms with van der Waals surface area (Å²) in [6.07, 6.45) is 4.31. The number of pyridine rings is 1. The van der Waals surface area contributed by atoms with E-state index in [9.17, 15) is 9.59 Å². The van der Waals surface area contributed by atoms with Crippen LogP contribution in [0.15, 0.2) is 59.5 Å². The first kappa shape index (κ1) is 15.4. The number of carbonyl (C=O) groups is 1. The highest BCUT2D eigenvalue weighted by molar-refractivity contribution is 6.04. The minimum atomic E-state index is -0.403. The maximum atomic E-state index is 12.4. The van der Waals surface area contributed by atoms with E-state index in [-0.39, 0.29) is 5.43 Å². The van der Waals surface area contributed by atoms with E-state index in [1.807, 2.05) is 12.1 Å². The van der Waals surface area contributed by atoms with Crippen LogP contribution in [0.1, 0.15) is 5.56 Å². The van der Waals surface area contributed by atoms with E-state index in [0.29, 0.717) is 28.0 Å². The number of H-pyrrole nitrogens is 1. The first-order valence-corrected chi connectivity index (χ1v) is 7.29. The molecule has 2 aromatic carbocycles. The van der Waals surface area contributed by atoms with Gasteiger partial charge in [0.15, 0.2) is 5.43 Å². The first-order chi connectivity index (χ1) is 11.6. The van der Waals surface area contributed by atoms with Crippen molar-refractivity contribution in [3.63, 3.8) is 0 Å². The Balaban J connectivity index is 1.83.